The minimum Gasteiger partial charge on any atom is -0.394 e. The van der Waals surface area contributed by atoms with Crippen LogP contribution in [0.1, 0.15) is 40.8 Å². The van der Waals surface area contributed by atoms with Crippen molar-refractivity contribution in [2.45, 2.75) is 44.4 Å². The summed E-state index contributed by atoms with van der Waals surface area (Å²) in [6.07, 6.45) is -3.94. The van der Waals surface area contributed by atoms with Crippen LogP contribution in [-0.4, -0.2) is 88.4 Å². The van der Waals surface area contributed by atoms with E-state index >= 15 is 0 Å². The number of aromatic amines is 1. The Hall–Kier alpha value is -3.98. The number of nitrogens with one attached hydrogen (secondary N) is 2. The minimum atomic E-state index is -1.45. The number of aromatic nitrogens is 4. The molecule has 2 aliphatic heterocycles. The number of aliphatic hydroxyl groups excluding tert-OH is 3. The van der Waals surface area contributed by atoms with E-state index in [0.29, 0.717) is 0 Å². The Morgan fingerprint density at radius 1 is 1.14 bits per heavy atom. The zero-order valence-electron chi connectivity index (χ0n) is 19.7. The average Bonchev–Trinajstić information content (AvgIpc) is 3.49. The predicted octanol–water partition coefficient (Wildman–Crippen LogP) is -1.01. The van der Waals surface area contributed by atoms with Crippen LogP contribution < -0.4 is 10.9 Å². The van der Waals surface area contributed by atoms with Crippen molar-refractivity contribution in [3.05, 3.63) is 52.1 Å². The molecule has 4 heterocycles. The Kier molecular flexibility index (Phi) is 6.11. The van der Waals surface area contributed by atoms with E-state index in [2.05, 4.69) is 20.3 Å². The predicted molar refractivity (Wildman–Crippen MR) is 125 cm³/mol. The second-order valence-corrected chi connectivity index (χ2v) is 9.17. The Labute approximate surface area is 208 Å². The largest absolute Gasteiger partial charge is 0.394 e. The lowest BCUT2D eigenvalue weighted by Gasteiger charge is -2.28. The van der Waals surface area contributed by atoms with Gasteiger partial charge in [-0.05, 0) is 18.1 Å². The van der Waals surface area contributed by atoms with E-state index in [9.17, 15) is 34.5 Å². The summed E-state index contributed by atoms with van der Waals surface area (Å²) in [6.45, 7) is 2.79. The third-order valence-electron chi connectivity index (χ3n) is 6.47. The van der Waals surface area contributed by atoms with E-state index in [4.69, 9.17) is 4.74 Å². The maximum absolute atomic E-state index is 13.3. The molecule has 1 fully saturated rings. The van der Waals surface area contributed by atoms with Crippen LogP contribution >= 0.6 is 0 Å². The van der Waals surface area contributed by atoms with Crippen LogP contribution in [0.3, 0.4) is 0 Å². The fourth-order valence-electron chi connectivity index (χ4n) is 4.65. The number of hydrogen-bond acceptors (Lipinski definition) is 10. The third kappa shape index (κ3) is 3.90. The van der Waals surface area contributed by atoms with Crippen molar-refractivity contribution < 1.29 is 34.4 Å². The number of hydrogen-bond donors (Lipinski definition) is 5. The van der Waals surface area contributed by atoms with Crippen LogP contribution in [0.2, 0.25) is 0 Å². The smallest absolute Gasteiger partial charge is 0.280 e. The van der Waals surface area contributed by atoms with Crippen LogP contribution in [-0.2, 0) is 9.53 Å². The zero-order chi connectivity index (χ0) is 26.6. The Morgan fingerprint density at radius 3 is 2.35 bits per heavy atom. The Bertz CT molecular complexity index is 1430. The standard InChI is InChI=1S/C23H24N6O8/c1-9(2)14(29-20(35)10-5-3-4-6-11(10)21(29)36)19(34)27-23-25-17-13(18(33)26-23)24-8-28(17)22-16(32)15(31)12(7-30)37-22/h3-6,8-9,12,14-16,22,30-32H,7H2,1-2H3,(H2,25,26,27,33,34)/t12-,14-,15+,16+,22-/m0/s1. The molecule has 3 aromatic rings. The number of carbonyl (C=O) groups excluding carboxylic acids is 3. The van der Waals surface area contributed by atoms with Gasteiger partial charge in [0.05, 0.1) is 24.1 Å². The molecule has 37 heavy (non-hydrogen) atoms. The molecule has 0 radical (unpaired) electrons. The van der Waals surface area contributed by atoms with Crippen LogP contribution in [0.5, 0.6) is 0 Å². The molecule has 5 N–H and O–H groups in total. The number of imide groups is 1. The maximum Gasteiger partial charge on any atom is 0.280 e. The number of rotatable bonds is 6. The SMILES string of the molecule is CC(C)[C@@H](C(=O)Nc1nc2c(ncn2[C@H]2O[C@@H](CO)[C@@H](O)[C@H]2O)c(=O)[nH]1)N1C(=O)c2ccccc2C1=O. The summed E-state index contributed by atoms with van der Waals surface area (Å²) in [6, 6.07) is 5.06. The van der Waals surface area contributed by atoms with Crippen LogP contribution in [0.15, 0.2) is 35.4 Å². The lowest BCUT2D eigenvalue weighted by molar-refractivity contribution is -0.121. The highest BCUT2D eigenvalue weighted by Crippen LogP contribution is 2.31. The molecule has 14 nitrogen and oxygen atoms in total. The van der Waals surface area contributed by atoms with Gasteiger partial charge in [0.25, 0.3) is 17.4 Å². The molecule has 3 amide bonds. The van der Waals surface area contributed by atoms with Gasteiger partial charge in [-0.15, -0.1) is 0 Å². The molecular weight excluding hydrogens is 488 g/mol. The molecule has 0 saturated carbocycles. The lowest BCUT2D eigenvalue weighted by atomic mass is 10.0. The summed E-state index contributed by atoms with van der Waals surface area (Å²) in [7, 11) is 0. The Morgan fingerprint density at radius 2 is 1.78 bits per heavy atom. The van der Waals surface area contributed by atoms with Crippen molar-refractivity contribution in [2.24, 2.45) is 5.92 Å². The number of aliphatic hydroxyl groups is 3. The van der Waals surface area contributed by atoms with Crippen molar-refractivity contribution in [3.63, 3.8) is 0 Å². The number of nitrogens with zero attached hydrogens (tertiary/aromatic N) is 4. The molecule has 2 aromatic heterocycles. The zero-order valence-corrected chi connectivity index (χ0v) is 19.7. The first-order chi connectivity index (χ1) is 17.6. The first kappa shape index (κ1) is 24.7. The fourth-order valence-corrected chi connectivity index (χ4v) is 4.65. The number of amides is 3. The first-order valence-corrected chi connectivity index (χ1v) is 11.5. The summed E-state index contributed by atoms with van der Waals surface area (Å²) in [5.74, 6) is -2.74. The molecule has 1 saturated heterocycles. The van der Waals surface area contributed by atoms with E-state index in [1.54, 1.807) is 26.0 Å². The molecule has 2 aliphatic rings. The molecule has 0 aliphatic carbocycles. The number of carbonyl (C=O) groups is 3. The van der Waals surface area contributed by atoms with Crippen LogP contribution in [0.25, 0.3) is 11.2 Å². The van der Waals surface area contributed by atoms with Gasteiger partial charge in [0.1, 0.15) is 24.4 Å². The van der Waals surface area contributed by atoms with Gasteiger partial charge >= 0.3 is 0 Å². The van der Waals surface area contributed by atoms with Crippen LogP contribution in [0.4, 0.5) is 5.95 Å². The van der Waals surface area contributed by atoms with E-state index < -0.39 is 66.4 Å². The average molecular weight is 512 g/mol. The van der Waals surface area contributed by atoms with E-state index in [-0.39, 0.29) is 28.2 Å². The van der Waals surface area contributed by atoms with Crippen molar-refractivity contribution >= 4 is 34.8 Å². The molecule has 5 atom stereocenters. The lowest BCUT2D eigenvalue weighted by Crippen LogP contribution is -2.50. The third-order valence-corrected chi connectivity index (χ3v) is 6.47. The quantitative estimate of drug-likeness (QED) is 0.255. The topological polar surface area (TPSA) is 200 Å². The molecule has 1 aromatic carbocycles. The van der Waals surface area contributed by atoms with Crippen LogP contribution in [0, 0.1) is 5.92 Å². The molecule has 0 bridgehead atoms. The summed E-state index contributed by atoms with van der Waals surface area (Å²) >= 11 is 0. The highest BCUT2D eigenvalue weighted by atomic mass is 16.6. The molecule has 194 valence electrons. The second kappa shape index (κ2) is 9.15. The van der Waals surface area contributed by atoms with Crippen molar-refractivity contribution in [1.82, 2.24) is 24.4 Å². The van der Waals surface area contributed by atoms with Gasteiger partial charge < -0.3 is 20.1 Å². The number of H-pyrrole nitrogens is 1. The van der Waals surface area contributed by atoms with E-state index in [0.717, 1.165) is 4.90 Å². The van der Waals surface area contributed by atoms with Crippen molar-refractivity contribution in [1.29, 1.82) is 0 Å². The van der Waals surface area contributed by atoms with Gasteiger partial charge in [0.2, 0.25) is 11.9 Å². The summed E-state index contributed by atoms with van der Waals surface area (Å²) in [5, 5.41) is 32.3. The Balaban J connectivity index is 1.46. The van der Waals surface area contributed by atoms with Crippen molar-refractivity contribution in [2.75, 3.05) is 11.9 Å². The van der Waals surface area contributed by atoms with Gasteiger partial charge in [-0.1, -0.05) is 26.0 Å². The highest BCUT2D eigenvalue weighted by molar-refractivity contribution is 6.23. The van der Waals surface area contributed by atoms with Gasteiger partial charge in [0.15, 0.2) is 17.4 Å². The normalized spacial score (nSPS) is 24.2. The first-order valence-electron chi connectivity index (χ1n) is 11.5. The molecular formula is C23H24N6O8. The number of imidazole rings is 1. The molecule has 14 heteroatoms. The fraction of sp³-hybridized carbons (Fsp3) is 0.391. The number of anilines is 1. The maximum atomic E-state index is 13.3. The monoisotopic (exact) mass is 512 g/mol. The summed E-state index contributed by atoms with van der Waals surface area (Å²) in [5.41, 5.74) is -0.526. The molecule has 5 rings (SSSR count). The second-order valence-electron chi connectivity index (χ2n) is 9.17. The van der Waals surface area contributed by atoms with Gasteiger partial charge in [0, 0.05) is 0 Å². The highest BCUT2D eigenvalue weighted by Gasteiger charge is 2.45. The van der Waals surface area contributed by atoms with Gasteiger partial charge in [-0.2, -0.15) is 4.98 Å². The molecule has 0 unspecified atom stereocenters. The van der Waals surface area contributed by atoms with Crippen molar-refractivity contribution in [3.8, 4) is 0 Å². The van der Waals surface area contributed by atoms with E-state index in [1.165, 1.54) is 23.0 Å². The minimum absolute atomic E-state index is 0.0734. The summed E-state index contributed by atoms with van der Waals surface area (Å²) in [4.78, 5) is 63.4. The number of ether oxygens (including phenoxy) is 1. The van der Waals surface area contributed by atoms with E-state index in [1.807, 2.05) is 0 Å². The van der Waals surface area contributed by atoms with Gasteiger partial charge in [-0.3, -0.25) is 38.9 Å². The number of fused-ring (bicyclic) bond motifs is 2. The van der Waals surface area contributed by atoms with Gasteiger partial charge in [-0.25, -0.2) is 4.98 Å². The number of benzene rings is 1. The molecule has 0 spiro atoms. The summed E-state index contributed by atoms with van der Waals surface area (Å²) < 4.78 is 6.69.